The molecule has 6 heteroatoms. The fourth-order valence-corrected chi connectivity index (χ4v) is 1.67. The first-order valence-electron chi connectivity index (χ1n) is 3.51. The summed E-state index contributed by atoms with van der Waals surface area (Å²) in [6.45, 7) is 0. The van der Waals surface area contributed by atoms with E-state index >= 15 is 0 Å². The lowest BCUT2D eigenvalue weighted by Crippen LogP contribution is -1.98. The van der Waals surface area contributed by atoms with Gasteiger partial charge >= 0.3 is 5.51 Å². The van der Waals surface area contributed by atoms with Crippen molar-refractivity contribution in [2.75, 3.05) is 0 Å². The van der Waals surface area contributed by atoms with Gasteiger partial charge in [-0.25, -0.2) is 3.21 Å². The molecule has 0 radical (unpaired) electrons. The van der Waals surface area contributed by atoms with Crippen molar-refractivity contribution >= 4 is 40.8 Å². The Hall–Kier alpha value is -0.240. The largest absolute Gasteiger partial charge is 0.446 e. The summed E-state index contributed by atoms with van der Waals surface area (Å²) in [6.07, 6.45) is 1.57. The SMILES string of the molecule is FC(F)(F)Sc1ccc(C=NI)cc1. The monoisotopic (exact) mass is 331 g/mol. The predicted octanol–water partition coefficient (Wildman–Crippen LogP) is 4.07. The highest BCUT2D eigenvalue weighted by molar-refractivity contribution is 14.1. The quantitative estimate of drug-likeness (QED) is 0.452. The van der Waals surface area contributed by atoms with Crippen LogP contribution < -0.4 is 0 Å². The summed E-state index contributed by atoms with van der Waals surface area (Å²) in [6, 6.07) is 6.03. The Kier molecular flexibility index (Phi) is 4.24. The summed E-state index contributed by atoms with van der Waals surface area (Å²) >= 11 is 1.69. The van der Waals surface area contributed by atoms with Crippen molar-refractivity contribution in [2.24, 2.45) is 3.21 Å². The molecule has 0 saturated carbocycles. The van der Waals surface area contributed by atoms with E-state index < -0.39 is 5.51 Å². The molecule has 14 heavy (non-hydrogen) atoms. The van der Waals surface area contributed by atoms with E-state index in [1.165, 1.54) is 12.1 Å². The molecule has 0 aliphatic heterocycles. The topological polar surface area (TPSA) is 12.4 Å². The molecular formula is C8H5F3INS. The van der Waals surface area contributed by atoms with Crippen LogP contribution in [0.25, 0.3) is 0 Å². The van der Waals surface area contributed by atoms with Gasteiger partial charge in [-0.05, 0) is 29.5 Å². The molecule has 0 spiro atoms. The van der Waals surface area contributed by atoms with E-state index in [0.717, 1.165) is 5.56 Å². The maximum absolute atomic E-state index is 11.9. The van der Waals surface area contributed by atoms with Gasteiger partial charge in [-0.3, -0.25) is 0 Å². The average Bonchev–Trinajstić information content (AvgIpc) is 2.06. The third-order valence-electron chi connectivity index (χ3n) is 1.31. The van der Waals surface area contributed by atoms with E-state index in [-0.39, 0.29) is 16.7 Å². The van der Waals surface area contributed by atoms with E-state index in [2.05, 4.69) is 3.21 Å². The first kappa shape index (κ1) is 11.8. The summed E-state index contributed by atoms with van der Waals surface area (Å²) in [5.74, 6) is 0. The molecule has 0 amide bonds. The minimum Gasteiger partial charge on any atom is -0.223 e. The number of hydrogen-bond acceptors (Lipinski definition) is 2. The lowest BCUT2D eigenvalue weighted by Gasteiger charge is -2.04. The molecule has 0 fully saturated rings. The van der Waals surface area contributed by atoms with Crippen LogP contribution >= 0.6 is 34.6 Å². The van der Waals surface area contributed by atoms with Gasteiger partial charge in [0.2, 0.25) is 0 Å². The Labute approximate surface area is 97.3 Å². The van der Waals surface area contributed by atoms with Crippen molar-refractivity contribution in [3.05, 3.63) is 29.8 Å². The van der Waals surface area contributed by atoms with E-state index in [1.807, 2.05) is 0 Å². The highest BCUT2D eigenvalue weighted by Crippen LogP contribution is 2.36. The fourth-order valence-electron chi connectivity index (χ4n) is 0.812. The van der Waals surface area contributed by atoms with Gasteiger partial charge in [0, 0.05) is 11.1 Å². The number of nitrogens with zero attached hydrogens (tertiary/aromatic N) is 1. The van der Waals surface area contributed by atoms with Gasteiger partial charge in [0.05, 0.1) is 22.9 Å². The fraction of sp³-hybridized carbons (Fsp3) is 0.125. The molecule has 0 aromatic heterocycles. The summed E-state index contributed by atoms with van der Waals surface area (Å²) in [5.41, 5.74) is -3.44. The van der Waals surface area contributed by atoms with Crippen molar-refractivity contribution in [3.63, 3.8) is 0 Å². The van der Waals surface area contributed by atoms with Crippen molar-refractivity contribution in [2.45, 2.75) is 10.4 Å². The number of hydrogen-bond donors (Lipinski definition) is 0. The van der Waals surface area contributed by atoms with E-state index in [1.54, 1.807) is 41.2 Å². The van der Waals surface area contributed by atoms with Crippen molar-refractivity contribution < 1.29 is 13.2 Å². The Morgan fingerprint density at radius 1 is 1.21 bits per heavy atom. The molecular weight excluding hydrogens is 326 g/mol. The molecule has 0 aliphatic carbocycles. The lowest BCUT2D eigenvalue weighted by atomic mass is 10.2. The zero-order chi connectivity index (χ0) is 10.6. The number of halogens is 4. The number of alkyl halides is 3. The van der Waals surface area contributed by atoms with Crippen LogP contribution in [0.15, 0.2) is 32.4 Å². The zero-order valence-corrected chi connectivity index (χ0v) is 9.73. The summed E-state index contributed by atoms with van der Waals surface area (Å²) in [7, 11) is 0. The molecule has 0 heterocycles. The van der Waals surface area contributed by atoms with Gasteiger partial charge in [-0.2, -0.15) is 13.2 Å². The Morgan fingerprint density at radius 2 is 1.79 bits per heavy atom. The average molecular weight is 331 g/mol. The molecule has 76 valence electrons. The van der Waals surface area contributed by atoms with Gasteiger partial charge in [-0.1, -0.05) is 12.1 Å². The second-order valence-electron chi connectivity index (χ2n) is 2.34. The molecule has 1 nitrogen and oxygen atoms in total. The van der Waals surface area contributed by atoms with Crippen LogP contribution in [-0.4, -0.2) is 11.7 Å². The van der Waals surface area contributed by atoms with Gasteiger partial charge in [0.1, 0.15) is 0 Å². The van der Waals surface area contributed by atoms with Crippen molar-refractivity contribution in [1.29, 1.82) is 0 Å². The molecule has 0 unspecified atom stereocenters. The summed E-state index contributed by atoms with van der Waals surface area (Å²) < 4.78 is 39.5. The number of thioether (sulfide) groups is 1. The minimum atomic E-state index is -4.22. The smallest absolute Gasteiger partial charge is 0.223 e. The van der Waals surface area contributed by atoms with Crippen LogP contribution in [0.2, 0.25) is 0 Å². The molecule has 0 N–H and O–H groups in total. The first-order valence-corrected chi connectivity index (χ1v) is 5.29. The Bertz CT molecular complexity index is 320. The molecule has 0 atom stereocenters. The molecule has 1 aromatic rings. The minimum absolute atomic E-state index is 0.119. The first-order chi connectivity index (χ1) is 6.51. The third kappa shape index (κ3) is 4.32. The van der Waals surface area contributed by atoms with Gasteiger partial charge in [0.25, 0.3) is 0 Å². The molecule has 0 aliphatic rings. The second-order valence-corrected chi connectivity index (χ2v) is 4.04. The highest BCUT2D eigenvalue weighted by atomic mass is 127. The van der Waals surface area contributed by atoms with Crippen LogP contribution in [0.1, 0.15) is 5.56 Å². The predicted molar refractivity (Wildman–Crippen MR) is 60.0 cm³/mol. The van der Waals surface area contributed by atoms with Crippen LogP contribution in [0.4, 0.5) is 13.2 Å². The van der Waals surface area contributed by atoms with Crippen LogP contribution in [-0.2, 0) is 0 Å². The van der Waals surface area contributed by atoms with E-state index in [4.69, 9.17) is 0 Å². The Balaban J connectivity index is 2.74. The number of benzene rings is 1. The van der Waals surface area contributed by atoms with Crippen LogP contribution in [0.5, 0.6) is 0 Å². The maximum Gasteiger partial charge on any atom is 0.446 e. The van der Waals surface area contributed by atoms with Crippen LogP contribution in [0.3, 0.4) is 0 Å². The van der Waals surface area contributed by atoms with Crippen LogP contribution in [0, 0.1) is 0 Å². The van der Waals surface area contributed by atoms with Gasteiger partial charge in [-0.15, -0.1) is 0 Å². The summed E-state index contributed by atoms with van der Waals surface area (Å²) in [4.78, 5) is 0.183. The molecule has 1 rings (SSSR count). The maximum atomic E-state index is 11.9. The highest BCUT2D eigenvalue weighted by Gasteiger charge is 2.28. The molecule has 0 saturated heterocycles. The van der Waals surface area contributed by atoms with Gasteiger partial charge < -0.3 is 0 Å². The molecule has 1 aromatic carbocycles. The van der Waals surface area contributed by atoms with Crippen molar-refractivity contribution in [3.8, 4) is 0 Å². The normalized spacial score (nSPS) is 12.3. The number of rotatable bonds is 2. The van der Waals surface area contributed by atoms with E-state index in [0.29, 0.717) is 0 Å². The Morgan fingerprint density at radius 3 is 2.21 bits per heavy atom. The van der Waals surface area contributed by atoms with Gasteiger partial charge in [0.15, 0.2) is 0 Å². The van der Waals surface area contributed by atoms with E-state index in [9.17, 15) is 13.2 Å². The second kappa shape index (κ2) is 5.01. The standard InChI is InChI=1S/C8H5F3INS/c9-8(10,11)14-7-3-1-6(2-4-7)5-13-12/h1-5H. The summed E-state index contributed by atoms with van der Waals surface area (Å²) in [5, 5.41) is 0. The van der Waals surface area contributed by atoms with Crippen molar-refractivity contribution in [1.82, 2.24) is 0 Å². The molecule has 0 bridgehead atoms. The zero-order valence-electron chi connectivity index (χ0n) is 6.75. The third-order valence-corrected chi connectivity index (χ3v) is 2.33. The lowest BCUT2D eigenvalue weighted by molar-refractivity contribution is -0.0328.